The Labute approximate surface area is 152 Å². The Balaban J connectivity index is 1.50. The fourth-order valence-corrected chi connectivity index (χ4v) is 3.49. The van der Waals surface area contributed by atoms with E-state index in [0.29, 0.717) is 12.5 Å². The van der Waals surface area contributed by atoms with E-state index in [1.807, 2.05) is 29.8 Å². The first-order valence-corrected chi connectivity index (χ1v) is 8.82. The lowest BCUT2D eigenvalue weighted by atomic mass is 10.1. The number of hydrogen-bond donors (Lipinski definition) is 2. The second kappa shape index (κ2) is 6.71. The number of anilines is 1. The highest BCUT2D eigenvalue weighted by molar-refractivity contribution is 5.92. The lowest BCUT2D eigenvalue weighted by Crippen LogP contribution is -2.23. The van der Waals surface area contributed by atoms with Crippen molar-refractivity contribution in [1.29, 1.82) is 0 Å². The molecular formula is C20H23N5O. The number of fused-ring (bicyclic) bond motifs is 2. The number of hydrogen-bond acceptors (Lipinski definition) is 3. The van der Waals surface area contributed by atoms with E-state index in [1.165, 1.54) is 24.0 Å². The molecule has 0 amide bonds. The van der Waals surface area contributed by atoms with E-state index in [2.05, 4.69) is 33.5 Å². The minimum absolute atomic E-state index is 0.396. The molecule has 1 aliphatic carbocycles. The van der Waals surface area contributed by atoms with Crippen LogP contribution in [0.5, 0.6) is 5.75 Å². The molecule has 3 N–H and O–H groups in total. The highest BCUT2D eigenvalue weighted by atomic mass is 16.5. The number of methoxy groups -OCH3 is 1. The van der Waals surface area contributed by atoms with Gasteiger partial charge in [-0.25, -0.2) is 9.98 Å². The van der Waals surface area contributed by atoms with Crippen molar-refractivity contribution in [3.8, 4) is 5.75 Å². The van der Waals surface area contributed by atoms with E-state index in [9.17, 15) is 0 Å². The summed E-state index contributed by atoms with van der Waals surface area (Å²) in [5.74, 6) is 2.04. The second-order valence-corrected chi connectivity index (χ2v) is 6.61. The predicted molar refractivity (Wildman–Crippen MR) is 105 cm³/mol. The fourth-order valence-electron chi connectivity index (χ4n) is 3.49. The summed E-state index contributed by atoms with van der Waals surface area (Å²) in [6.07, 6.45) is 3.56. The van der Waals surface area contributed by atoms with Crippen LogP contribution in [-0.2, 0) is 26.4 Å². The lowest BCUT2D eigenvalue weighted by Gasteiger charge is -2.08. The summed E-state index contributed by atoms with van der Waals surface area (Å²) in [7, 11) is 3.64. The molecule has 0 saturated carbocycles. The number of nitrogens with one attached hydrogen (secondary N) is 1. The number of benzene rings is 2. The van der Waals surface area contributed by atoms with Crippen molar-refractivity contribution in [3.05, 3.63) is 53.3 Å². The SMILES string of the molecule is COc1ccc2c(c1)nc(CN=C(N)Nc1ccc3c(c1)CCC3)n2C. The van der Waals surface area contributed by atoms with Crippen molar-refractivity contribution in [3.63, 3.8) is 0 Å². The number of nitrogens with zero attached hydrogens (tertiary/aromatic N) is 3. The van der Waals surface area contributed by atoms with Crippen LogP contribution in [0.3, 0.4) is 0 Å². The zero-order valence-electron chi connectivity index (χ0n) is 15.1. The molecule has 0 unspecified atom stereocenters. The molecule has 0 radical (unpaired) electrons. The molecule has 6 nitrogen and oxygen atoms in total. The largest absolute Gasteiger partial charge is 0.497 e. The Bertz CT molecular complexity index is 989. The van der Waals surface area contributed by atoms with E-state index in [-0.39, 0.29) is 0 Å². The number of rotatable bonds is 4. The molecular weight excluding hydrogens is 326 g/mol. The van der Waals surface area contributed by atoms with Gasteiger partial charge in [-0.1, -0.05) is 6.07 Å². The van der Waals surface area contributed by atoms with E-state index >= 15 is 0 Å². The summed E-state index contributed by atoms with van der Waals surface area (Å²) in [5, 5.41) is 3.18. The van der Waals surface area contributed by atoms with Gasteiger partial charge in [0, 0.05) is 18.8 Å². The molecule has 4 rings (SSSR count). The van der Waals surface area contributed by atoms with Crippen molar-refractivity contribution in [1.82, 2.24) is 9.55 Å². The van der Waals surface area contributed by atoms with Crippen molar-refractivity contribution in [2.45, 2.75) is 25.8 Å². The summed E-state index contributed by atoms with van der Waals surface area (Å²) in [4.78, 5) is 9.09. The minimum atomic E-state index is 0.396. The number of aromatic nitrogens is 2. The third-order valence-corrected chi connectivity index (χ3v) is 4.94. The third kappa shape index (κ3) is 3.10. The van der Waals surface area contributed by atoms with Gasteiger partial charge >= 0.3 is 0 Å². The smallest absolute Gasteiger partial charge is 0.193 e. The maximum absolute atomic E-state index is 6.07. The molecule has 3 aromatic rings. The highest BCUT2D eigenvalue weighted by Gasteiger charge is 2.11. The summed E-state index contributed by atoms with van der Waals surface area (Å²) >= 11 is 0. The van der Waals surface area contributed by atoms with Gasteiger partial charge < -0.3 is 20.4 Å². The van der Waals surface area contributed by atoms with Gasteiger partial charge in [-0.3, -0.25) is 0 Å². The number of nitrogens with two attached hydrogens (primary N) is 1. The molecule has 0 fully saturated rings. The topological polar surface area (TPSA) is 77.5 Å². The zero-order chi connectivity index (χ0) is 18.1. The van der Waals surface area contributed by atoms with Crippen LogP contribution in [0.15, 0.2) is 41.4 Å². The van der Waals surface area contributed by atoms with Crippen molar-refractivity contribution < 1.29 is 4.74 Å². The molecule has 1 heterocycles. The zero-order valence-corrected chi connectivity index (χ0v) is 15.1. The van der Waals surface area contributed by atoms with Crippen molar-refractivity contribution >= 4 is 22.7 Å². The molecule has 0 spiro atoms. The van der Waals surface area contributed by atoms with Gasteiger partial charge in [0.25, 0.3) is 0 Å². The predicted octanol–water partition coefficient (Wildman–Crippen LogP) is 3.00. The average Bonchev–Trinajstić information content (AvgIpc) is 3.23. The summed E-state index contributed by atoms with van der Waals surface area (Å²) in [6.45, 7) is 0.414. The van der Waals surface area contributed by atoms with E-state index in [4.69, 9.17) is 10.5 Å². The molecule has 0 bridgehead atoms. The normalized spacial score (nSPS) is 13.8. The standard InChI is InChI=1S/C20H23N5O/c1-25-18-9-8-16(26-2)11-17(18)24-19(25)12-22-20(21)23-15-7-6-13-4-3-5-14(13)10-15/h6-11H,3-5,12H2,1-2H3,(H3,21,22,23). The van der Waals surface area contributed by atoms with Crippen LogP contribution in [-0.4, -0.2) is 22.6 Å². The van der Waals surface area contributed by atoms with Crippen LogP contribution >= 0.6 is 0 Å². The molecule has 1 aromatic heterocycles. The van der Waals surface area contributed by atoms with E-state index in [1.54, 1.807) is 7.11 Å². The van der Waals surface area contributed by atoms with Crippen LogP contribution in [0.2, 0.25) is 0 Å². The average molecular weight is 349 g/mol. The van der Waals surface area contributed by atoms with Gasteiger partial charge in [0.1, 0.15) is 18.1 Å². The van der Waals surface area contributed by atoms with E-state index < -0.39 is 0 Å². The summed E-state index contributed by atoms with van der Waals surface area (Å²) in [5.41, 5.74) is 11.8. The lowest BCUT2D eigenvalue weighted by molar-refractivity contribution is 0.415. The molecule has 134 valence electrons. The molecule has 0 atom stereocenters. The Morgan fingerprint density at radius 2 is 2.08 bits per heavy atom. The molecule has 0 aliphatic heterocycles. The van der Waals surface area contributed by atoms with Crippen LogP contribution in [0.25, 0.3) is 11.0 Å². The Hall–Kier alpha value is -3.02. The van der Waals surface area contributed by atoms with Gasteiger partial charge in [-0.05, 0) is 54.7 Å². The van der Waals surface area contributed by atoms with Gasteiger partial charge in [0.15, 0.2) is 5.96 Å². The minimum Gasteiger partial charge on any atom is -0.497 e. The monoisotopic (exact) mass is 349 g/mol. The first-order valence-electron chi connectivity index (χ1n) is 8.82. The number of guanidine groups is 1. The molecule has 1 aliphatic rings. The van der Waals surface area contributed by atoms with E-state index in [0.717, 1.165) is 34.7 Å². The third-order valence-electron chi connectivity index (χ3n) is 4.94. The number of ether oxygens (including phenoxy) is 1. The number of aryl methyl sites for hydroxylation is 3. The summed E-state index contributed by atoms with van der Waals surface area (Å²) in [6, 6.07) is 12.3. The van der Waals surface area contributed by atoms with Gasteiger partial charge in [0.05, 0.1) is 18.1 Å². The maximum Gasteiger partial charge on any atom is 0.193 e. The maximum atomic E-state index is 6.07. The second-order valence-electron chi connectivity index (χ2n) is 6.61. The van der Waals surface area contributed by atoms with Gasteiger partial charge in [-0.2, -0.15) is 0 Å². The Morgan fingerprint density at radius 3 is 2.92 bits per heavy atom. The molecule has 2 aromatic carbocycles. The first-order chi connectivity index (χ1) is 12.6. The molecule has 6 heteroatoms. The Kier molecular flexibility index (Phi) is 4.24. The fraction of sp³-hybridized carbons (Fsp3) is 0.300. The summed E-state index contributed by atoms with van der Waals surface area (Å²) < 4.78 is 7.29. The quantitative estimate of drug-likeness (QED) is 0.561. The highest BCUT2D eigenvalue weighted by Crippen LogP contribution is 2.25. The van der Waals surface area contributed by atoms with Crippen LogP contribution < -0.4 is 15.8 Å². The van der Waals surface area contributed by atoms with Crippen LogP contribution in [0.4, 0.5) is 5.69 Å². The number of imidazole rings is 1. The van der Waals surface area contributed by atoms with Gasteiger partial charge in [-0.15, -0.1) is 0 Å². The van der Waals surface area contributed by atoms with Crippen LogP contribution in [0, 0.1) is 0 Å². The Morgan fingerprint density at radius 1 is 1.23 bits per heavy atom. The number of aliphatic imine (C=N–C) groups is 1. The van der Waals surface area contributed by atoms with Crippen LogP contribution in [0.1, 0.15) is 23.4 Å². The first kappa shape index (κ1) is 16.4. The molecule has 26 heavy (non-hydrogen) atoms. The van der Waals surface area contributed by atoms with Crippen molar-refractivity contribution in [2.24, 2.45) is 17.8 Å². The molecule has 0 saturated heterocycles. The van der Waals surface area contributed by atoms with Gasteiger partial charge in [0.2, 0.25) is 0 Å². The van der Waals surface area contributed by atoms with Crippen molar-refractivity contribution in [2.75, 3.05) is 12.4 Å².